The third-order valence-electron chi connectivity index (χ3n) is 1.48. The molecule has 17 heavy (non-hydrogen) atoms. The molecule has 1 aromatic rings. The molecule has 0 unspecified atom stereocenters. The summed E-state index contributed by atoms with van der Waals surface area (Å²) in [7, 11) is -4.50. The standard InChI is InChI=1S/C8H8F3IO4S/c1-15-12(7-5-3-2-4-6-7)16-17(13,14)8(9,10)11/h2-6H,1H3. The fourth-order valence-corrected chi connectivity index (χ4v) is 5.60. The maximum atomic E-state index is 12.1. The summed E-state index contributed by atoms with van der Waals surface area (Å²) in [4.78, 5) is 0. The zero-order valence-corrected chi connectivity index (χ0v) is 11.4. The van der Waals surface area contributed by atoms with Gasteiger partial charge in [0.05, 0.1) is 0 Å². The van der Waals surface area contributed by atoms with Gasteiger partial charge in [0.2, 0.25) is 0 Å². The quantitative estimate of drug-likeness (QED) is 0.592. The number of rotatable bonds is 4. The van der Waals surface area contributed by atoms with Gasteiger partial charge in [-0.25, -0.2) is 0 Å². The van der Waals surface area contributed by atoms with E-state index in [9.17, 15) is 21.6 Å². The van der Waals surface area contributed by atoms with Gasteiger partial charge in [-0.2, -0.15) is 0 Å². The van der Waals surface area contributed by atoms with Crippen LogP contribution in [0.3, 0.4) is 0 Å². The summed E-state index contributed by atoms with van der Waals surface area (Å²) in [6.45, 7) is 0. The van der Waals surface area contributed by atoms with Crippen LogP contribution >= 0.6 is 20.6 Å². The molecule has 0 heterocycles. The molecule has 0 aromatic heterocycles. The van der Waals surface area contributed by atoms with Gasteiger partial charge < -0.3 is 0 Å². The second-order valence-corrected chi connectivity index (χ2v) is 8.57. The van der Waals surface area contributed by atoms with Gasteiger partial charge in [-0.1, -0.05) is 0 Å². The monoisotopic (exact) mass is 384 g/mol. The second kappa shape index (κ2) is 5.50. The van der Waals surface area contributed by atoms with Gasteiger partial charge in [-0.15, -0.1) is 0 Å². The molecular formula is C8H8F3IO4S. The van der Waals surface area contributed by atoms with Crippen molar-refractivity contribution in [3.63, 3.8) is 0 Å². The first kappa shape index (κ1) is 14.7. The number of alkyl halides is 3. The van der Waals surface area contributed by atoms with Crippen LogP contribution in [0.1, 0.15) is 0 Å². The van der Waals surface area contributed by atoms with E-state index >= 15 is 0 Å². The number of halogens is 4. The average molecular weight is 384 g/mol. The molecule has 4 nitrogen and oxygen atoms in total. The fourth-order valence-electron chi connectivity index (χ4n) is 0.780. The zero-order chi connectivity index (χ0) is 13.1. The molecule has 0 spiro atoms. The SMILES string of the molecule is COI(OS(=O)(=O)C(F)(F)F)c1ccccc1. The van der Waals surface area contributed by atoms with E-state index in [1.54, 1.807) is 18.2 Å². The number of benzene rings is 1. The van der Waals surface area contributed by atoms with Crippen LogP contribution in [-0.4, -0.2) is 21.0 Å². The van der Waals surface area contributed by atoms with Crippen molar-refractivity contribution in [2.45, 2.75) is 5.51 Å². The molecular weight excluding hydrogens is 376 g/mol. The van der Waals surface area contributed by atoms with Crippen LogP contribution in [0.15, 0.2) is 30.3 Å². The summed E-state index contributed by atoms with van der Waals surface area (Å²) in [5.74, 6) is 0. The van der Waals surface area contributed by atoms with Crippen LogP contribution in [-0.2, 0) is 15.7 Å². The molecule has 0 bridgehead atoms. The number of hydrogen-bond donors (Lipinski definition) is 0. The van der Waals surface area contributed by atoms with Crippen molar-refractivity contribution in [2.75, 3.05) is 7.11 Å². The summed E-state index contributed by atoms with van der Waals surface area (Å²) in [5.41, 5.74) is -5.43. The Balaban J connectivity index is 2.94. The van der Waals surface area contributed by atoms with Crippen molar-refractivity contribution < 1.29 is 27.2 Å². The minimum absolute atomic E-state index is 0.326. The first-order valence-corrected chi connectivity index (χ1v) is 8.34. The Morgan fingerprint density at radius 3 is 2.12 bits per heavy atom. The van der Waals surface area contributed by atoms with Crippen LogP contribution in [0.4, 0.5) is 13.2 Å². The summed E-state index contributed by atoms with van der Waals surface area (Å²) < 4.78 is 67.1. The molecule has 0 atom stereocenters. The summed E-state index contributed by atoms with van der Waals surface area (Å²) in [6.07, 6.45) is 0. The topological polar surface area (TPSA) is 52.6 Å². The van der Waals surface area contributed by atoms with Gasteiger partial charge in [0.15, 0.2) is 0 Å². The summed E-state index contributed by atoms with van der Waals surface area (Å²) >= 11 is -3.29. The van der Waals surface area contributed by atoms with Crippen LogP contribution in [0.5, 0.6) is 0 Å². The molecule has 9 heteroatoms. The number of hydrogen-bond acceptors (Lipinski definition) is 4. The summed E-state index contributed by atoms with van der Waals surface area (Å²) in [5, 5.41) is 0. The molecule has 98 valence electrons. The van der Waals surface area contributed by atoms with Crippen molar-refractivity contribution in [1.29, 1.82) is 0 Å². The Morgan fingerprint density at radius 1 is 1.18 bits per heavy atom. The van der Waals surface area contributed by atoms with Crippen molar-refractivity contribution in [3.8, 4) is 0 Å². The molecule has 0 aliphatic heterocycles. The third-order valence-corrected chi connectivity index (χ3v) is 7.26. The van der Waals surface area contributed by atoms with Gasteiger partial charge in [-0.05, 0) is 0 Å². The predicted octanol–water partition coefficient (Wildman–Crippen LogP) is 2.71. The molecule has 1 rings (SSSR count). The van der Waals surface area contributed by atoms with Crippen molar-refractivity contribution >= 4 is 30.8 Å². The summed E-state index contributed by atoms with van der Waals surface area (Å²) in [6, 6.07) is 7.68. The third kappa shape index (κ3) is 3.79. The van der Waals surface area contributed by atoms with Gasteiger partial charge in [0, 0.05) is 0 Å². The second-order valence-electron chi connectivity index (χ2n) is 2.63. The Kier molecular flexibility index (Phi) is 4.75. The fraction of sp³-hybridized carbons (Fsp3) is 0.250. The van der Waals surface area contributed by atoms with Gasteiger partial charge in [0.25, 0.3) is 0 Å². The average Bonchev–Trinajstić information content (AvgIpc) is 2.25. The molecule has 0 fully saturated rings. The maximum absolute atomic E-state index is 12.1. The van der Waals surface area contributed by atoms with Gasteiger partial charge in [-0.3, -0.25) is 0 Å². The predicted molar refractivity (Wildman–Crippen MR) is 62.2 cm³/mol. The molecule has 0 saturated heterocycles. The molecule has 1 aromatic carbocycles. The molecule has 0 aliphatic rings. The van der Waals surface area contributed by atoms with Crippen LogP contribution in [0.25, 0.3) is 0 Å². The molecule has 0 aliphatic carbocycles. The Bertz CT molecular complexity index is 459. The van der Waals surface area contributed by atoms with E-state index in [4.69, 9.17) is 3.07 Å². The zero-order valence-electron chi connectivity index (χ0n) is 8.44. The normalized spacial score (nSPS) is 13.5. The van der Waals surface area contributed by atoms with Crippen molar-refractivity contribution in [2.24, 2.45) is 0 Å². The Hall–Kier alpha value is -0.390. The molecule has 0 N–H and O–H groups in total. The van der Waals surface area contributed by atoms with E-state index in [0.717, 1.165) is 7.11 Å². The Morgan fingerprint density at radius 2 is 1.71 bits per heavy atom. The van der Waals surface area contributed by atoms with Crippen molar-refractivity contribution in [3.05, 3.63) is 33.9 Å². The van der Waals surface area contributed by atoms with E-state index in [-0.39, 0.29) is 0 Å². The Labute approximate surface area is 104 Å². The first-order valence-electron chi connectivity index (χ1n) is 4.09. The van der Waals surface area contributed by atoms with E-state index in [0.29, 0.717) is 3.57 Å². The van der Waals surface area contributed by atoms with E-state index in [1.165, 1.54) is 12.1 Å². The first-order chi connectivity index (χ1) is 7.78. The van der Waals surface area contributed by atoms with E-state index < -0.39 is 36.3 Å². The van der Waals surface area contributed by atoms with Crippen LogP contribution in [0.2, 0.25) is 0 Å². The molecule has 0 amide bonds. The van der Waals surface area contributed by atoms with Crippen molar-refractivity contribution in [1.82, 2.24) is 0 Å². The van der Waals surface area contributed by atoms with Gasteiger partial charge in [0.1, 0.15) is 0 Å². The molecule has 0 saturated carbocycles. The molecule has 0 radical (unpaired) electrons. The van der Waals surface area contributed by atoms with E-state index in [1.807, 2.05) is 0 Å². The minimum atomic E-state index is -5.61. The van der Waals surface area contributed by atoms with Crippen LogP contribution in [0, 0.1) is 3.57 Å². The van der Waals surface area contributed by atoms with Gasteiger partial charge >= 0.3 is 104 Å². The van der Waals surface area contributed by atoms with Crippen LogP contribution < -0.4 is 0 Å². The van der Waals surface area contributed by atoms with E-state index in [2.05, 4.69) is 2.51 Å².